The van der Waals surface area contributed by atoms with Crippen LogP contribution in [0.4, 0.5) is 5.00 Å². The van der Waals surface area contributed by atoms with Gasteiger partial charge in [0.1, 0.15) is 5.00 Å². The van der Waals surface area contributed by atoms with Gasteiger partial charge in [-0.3, -0.25) is 4.79 Å². The summed E-state index contributed by atoms with van der Waals surface area (Å²) in [5.41, 5.74) is 0.659. The van der Waals surface area contributed by atoms with Crippen molar-refractivity contribution in [1.82, 2.24) is 0 Å². The molecule has 0 saturated heterocycles. The van der Waals surface area contributed by atoms with Crippen molar-refractivity contribution in [3.8, 4) is 0 Å². The molecule has 2 N–H and O–H groups in total. The van der Waals surface area contributed by atoms with Gasteiger partial charge < -0.3 is 10.4 Å². The number of nitrogens with one attached hydrogen (secondary N) is 1. The number of rotatable bonds is 4. The van der Waals surface area contributed by atoms with Crippen LogP contribution in [0, 0.1) is 0 Å². The van der Waals surface area contributed by atoms with Crippen molar-refractivity contribution in [1.29, 1.82) is 0 Å². The van der Waals surface area contributed by atoms with Gasteiger partial charge in [-0.25, -0.2) is 4.79 Å². The van der Waals surface area contributed by atoms with Gasteiger partial charge >= 0.3 is 5.97 Å². The summed E-state index contributed by atoms with van der Waals surface area (Å²) in [5.74, 6) is -1.54. The average molecular weight is 342 g/mol. The maximum Gasteiger partial charge on any atom is 0.338 e. The lowest BCUT2D eigenvalue weighted by atomic mass is 10.2. The van der Waals surface area contributed by atoms with Gasteiger partial charge in [-0.1, -0.05) is 35.3 Å². The maximum atomic E-state index is 11.8. The monoisotopic (exact) mass is 341 g/mol. The SMILES string of the molecule is O=C(/C=C/c1cccc(Cl)c1Cl)Nc1sccc1C(=O)O. The second-order valence-electron chi connectivity index (χ2n) is 3.93. The van der Waals surface area contributed by atoms with E-state index >= 15 is 0 Å². The molecule has 0 unspecified atom stereocenters. The van der Waals surface area contributed by atoms with Crippen LogP contribution in [0.25, 0.3) is 6.08 Å². The number of anilines is 1. The summed E-state index contributed by atoms with van der Waals surface area (Å²) in [6.07, 6.45) is 2.78. The number of carboxylic acids is 1. The molecular weight excluding hydrogens is 333 g/mol. The van der Waals surface area contributed by atoms with Crippen LogP contribution >= 0.6 is 34.5 Å². The van der Waals surface area contributed by atoms with Crippen LogP contribution in [0.3, 0.4) is 0 Å². The van der Waals surface area contributed by atoms with E-state index in [0.717, 1.165) is 11.3 Å². The quantitative estimate of drug-likeness (QED) is 0.809. The predicted octanol–water partition coefficient (Wildman–Crippen LogP) is 4.41. The second kappa shape index (κ2) is 6.76. The first-order valence-corrected chi connectivity index (χ1v) is 7.36. The van der Waals surface area contributed by atoms with Crippen LogP contribution in [-0.2, 0) is 4.79 Å². The molecule has 0 radical (unpaired) electrons. The largest absolute Gasteiger partial charge is 0.478 e. The number of thiophene rings is 1. The summed E-state index contributed by atoms with van der Waals surface area (Å²) in [6.45, 7) is 0. The molecule has 0 aliphatic carbocycles. The summed E-state index contributed by atoms with van der Waals surface area (Å²) in [6, 6.07) is 6.51. The fraction of sp³-hybridized carbons (Fsp3) is 0. The number of carboxylic acid groups (broad SMARTS) is 1. The normalized spacial score (nSPS) is 10.8. The Bertz CT molecular complexity index is 725. The number of hydrogen-bond donors (Lipinski definition) is 2. The molecule has 4 nitrogen and oxygen atoms in total. The highest BCUT2D eigenvalue weighted by molar-refractivity contribution is 7.14. The summed E-state index contributed by atoms with van der Waals surface area (Å²) in [5, 5.41) is 14.1. The molecule has 2 aromatic rings. The fourth-order valence-electron chi connectivity index (χ4n) is 1.54. The first kappa shape index (κ1) is 15.6. The summed E-state index contributed by atoms with van der Waals surface area (Å²) in [7, 11) is 0. The molecule has 1 aromatic carbocycles. The first-order chi connectivity index (χ1) is 9.99. The molecule has 2 rings (SSSR count). The minimum absolute atomic E-state index is 0.0579. The lowest BCUT2D eigenvalue weighted by Crippen LogP contribution is -2.09. The van der Waals surface area contributed by atoms with Crippen LogP contribution in [0.5, 0.6) is 0 Å². The van der Waals surface area contributed by atoms with Gasteiger partial charge in [0.05, 0.1) is 15.6 Å². The van der Waals surface area contributed by atoms with E-state index in [4.69, 9.17) is 28.3 Å². The third-order valence-electron chi connectivity index (χ3n) is 2.53. The van der Waals surface area contributed by atoms with Gasteiger partial charge in [0.2, 0.25) is 5.91 Å². The van der Waals surface area contributed by atoms with E-state index < -0.39 is 11.9 Å². The number of hydrogen-bond acceptors (Lipinski definition) is 3. The number of aromatic carboxylic acids is 1. The fourth-order valence-corrected chi connectivity index (χ4v) is 2.70. The molecule has 0 aliphatic rings. The summed E-state index contributed by atoms with van der Waals surface area (Å²) >= 11 is 13.0. The van der Waals surface area contributed by atoms with Gasteiger partial charge in [0.15, 0.2) is 0 Å². The van der Waals surface area contributed by atoms with Gasteiger partial charge in [-0.2, -0.15) is 0 Å². The maximum absolute atomic E-state index is 11.8. The second-order valence-corrected chi connectivity index (χ2v) is 5.64. The van der Waals surface area contributed by atoms with Gasteiger partial charge in [0.25, 0.3) is 0 Å². The molecule has 0 atom stereocenters. The van der Waals surface area contributed by atoms with Crippen LogP contribution in [0.15, 0.2) is 35.7 Å². The summed E-state index contributed by atoms with van der Waals surface area (Å²) in [4.78, 5) is 22.7. The van der Waals surface area contributed by atoms with Crippen molar-refractivity contribution in [3.05, 3.63) is 56.9 Å². The Morgan fingerprint density at radius 2 is 2.00 bits per heavy atom. The van der Waals surface area contributed by atoms with E-state index in [0.29, 0.717) is 15.6 Å². The zero-order valence-corrected chi connectivity index (χ0v) is 12.8. The third kappa shape index (κ3) is 3.85. The standard InChI is InChI=1S/C14H9Cl2NO3S/c15-10-3-1-2-8(12(10)16)4-5-11(18)17-13-9(14(19)20)6-7-21-13/h1-7H,(H,17,18)(H,19,20)/b5-4+. The molecule has 7 heteroatoms. The smallest absolute Gasteiger partial charge is 0.338 e. The Morgan fingerprint density at radius 1 is 1.24 bits per heavy atom. The van der Waals surface area contributed by atoms with Crippen LogP contribution in [-0.4, -0.2) is 17.0 Å². The van der Waals surface area contributed by atoms with Gasteiger partial charge in [0, 0.05) is 6.08 Å². The highest BCUT2D eigenvalue weighted by Gasteiger charge is 2.12. The van der Waals surface area contributed by atoms with Gasteiger partial charge in [-0.05, 0) is 29.2 Å². The summed E-state index contributed by atoms with van der Waals surface area (Å²) < 4.78 is 0. The van der Waals surface area contributed by atoms with E-state index in [1.54, 1.807) is 23.6 Å². The van der Waals surface area contributed by atoms with Crippen molar-refractivity contribution >= 4 is 57.5 Å². The van der Waals surface area contributed by atoms with Crippen molar-refractivity contribution < 1.29 is 14.7 Å². The number of benzene rings is 1. The molecule has 0 saturated carbocycles. The van der Waals surface area contributed by atoms with E-state index in [1.165, 1.54) is 18.2 Å². The van der Waals surface area contributed by atoms with Crippen molar-refractivity contribution in [2.45, 2.75) is 0 Å². The van der Waals surface area contributed by atoms with E-state index in [2.05, 4.69) is 5.32 Å². The van der Waals surface area contributed by atoms with Crippen LogP contribution in [0.2, 0.25) is 10.0 Å². The Kier molecular flexibility index (Phi) is 5.01. The van der Waals surface area contributed by atoms with Crippen LogP contribution in [0.1, 0.15) is 15.9 Å². The van der Waals surface area contributed by atoms with Crippen LogP contribution < -0.4 is 5.32 Å². The molecule has 1 heterocycles. The molecular formula is C14H9Cl2NO3S. The minimum Gasteiger partial charge on any atom is -0.478 e. The highest BCUT2D eigenvalue weighted by atomic mass is 35.5. The van der Waals surface area contributed by atoms with Crippen molar-refractivity contribution in [2.75, 3.05) is 5.32 Å². The van der Waals surface area contributed by atoms with E-state index in [9.17, 15) is 9.59 Å². The third-order valence-corrected chi connectivity index (χ3v) is 4.19. The Morgan fingerprint density at radius 3 is 2.71 bits per heavy atom. The topological polar surface area (TPSA) is 66.4 Å². The zero-order valence-electron chi connectivity index (χ0n) is 10.5. The molecule has 0 bridgehead atoms. The average Bonchev–Trinajstić information content (AvgIpc) is 2.88. The lowest BCUT2D eigenvalue weighted by molar-refractivity contribution is -0.111. The van der Waals surface area contributed by atoms with E-state index in [1.807, 2.05) is 0 Å². The van der Waals surface area contributed by atoms with Crippen molar-refractivity contribution in [2.24, 2.45) is 0 Å². The van der Waals surface area contributed by atoms with Gasteiger partial charge in [-0.15, -0.1) is 11.3 Å². The number of halogens is 2. The minimum atomic E-state index is -1.09. The molecule has 0 spiro atoms. The molecule has 0 aliphatic heterocycles. The molecule has 108 valence electrons. The Hall–Kier alpha value is -1.82. The Labute approximate surface area is 134 Å². The molecule has 0 fully saturated rings. The van der Waals surface area contributed by atoms with Crippen molar-refractivity contribution in [3.63, 3.8) is 0 Å². The number of carbonyl (C=O) groups is 2. The molecule has 1 aromatic heterocycles. The molecule has 1 amide bonds. The van der Waals surface area contributed by atoms with E-state index in [-0.39, 0.29) is 10.6 Å². The Balaban J connectivity index is 2.11. The number of carbonyl (C=O) groups excluding carboxylic acids is 1. The lowest BCUT2D eigenvalue weighted by Gasteiger charge is -2.02. The predicted molar refractivity (Wildman–Crippen MR) is 85.4 cm³/mol. The number of amides is 1. The highest BCUT2D eigenvalue weighted by Crippen LogP contribution is 2.26. The molecule has 21 heavy (non-hydrogen) atoms. The first-order valence-electron chi connectivity index (χ1n) is 5.73. The zero-order chi connectivity index (χ0) is 15.4.